The van der Waals surface area contributed by atoms with Crippen molar-refractivity contribution in [2.45, 2.75) is 18.7 Å². The van der Waals surface area contributed by atoms with Gasteiger partial charge in [0.1, 0.15) is 17.2 Å². The van der Waals surface area contributed by atoms with Crippen LogP contribution in [0.3, 0.4) is 0 Å². The summed E-state index contributed by atoms with van der Waals surface area (Å²) in [6, 6.07) is 13.1. The van der Waals surface area contributed by atoms with Crippen LogP contribution >= 0.6 is 15.9 Å². The summed E-state index contributed by atoms with van der Waals surface area (Å²) in [5.41, 5.74) is 2.26. The molecule has 0 radical (unpaired) electrons. The van der Waals surface area contributed by atoms with Crippen LogP contribution < -0.4 is 4.74 Å². The zero-order chi connectivity index (χ0) is 18.5. The largest absolute Gasteiger partial charge is 0.464 e. The fourth-order valence-electron chi connectivity index (χ4n) is 3.54. The molecule has 0 spiro atoms. The van der Waals surface area contributed by atoms with Crippen LogP contribution in [0.2, 0.25) is 0 Å². The van der Waals surface area contributed by atoms with Crippen LogP contribution in [0.15, 0.2) is 68.8 Å². The Hall–Kier alpha value is -2.67. The van der Waals surface area contributed by atoms with Gasteiger partial charge in [-0.1, -0.05) is 22.0 Å². The third kappa shape index (κ3) is 2.73. The molecule has 0 N–H and O–H groups in total. The standard InChI is InChI=1S/C20H13BrF2N2O2/c21-12-4-6-18-13(9-12)17-10-16(19-2-1-7-26-19)24-25(17)20(27-18)11-3-5-14(22)15(23)8-11/h1-9,17,20H,10H2/t17-,20-/m1/s1. The number of hydrazone groups is 1. The average molecular weight is 431 g/mol. The molecule has 2 atom stereocenters. The third-order valence-corrected chi connectivity index (χ3v) is 5.28. The Morgan fingerprint density at radius 1 is 1.07 bits per heavy atom. The first-order chi connectivity index (χ1) is 13.1. The van der Waals surface area contributed by atoms with Crippen molar-refractivity contribution >= 4 is 21.6 Å². The number of rotatable bonds is 2. The summed E-state index contributed by atoms with van der Waals surface area (Å²) in [5.74, 6) is -0.421. The van der Waals surface area contributed by atoms with Crippen LogP contribution in [-0.4, -0.2) is 10.7 Å². The highest BCUT2D eigenvalue weighted by Crippen LogP contribution is 2.48. The van der Waals surface area contributed by atoms with E-state index in [0.717, 1.165) is 27.9 Å². The number of fused-ring (bicyclic) bond motifs is 3. The van der Waals surface area contributed by atoms with E-state index in [1.165, 1.54) is 6.07 Å². The molecule has 0 bridgehead atoms. The van der Waals surface area contributed by atoms with Crippen LogP contribution in [-0.2, 0) is 0 Å². The normalized spacial score (nSPS) is 20.7. The lowest BCUT2D eigenvalue weighted by molar-refractivity contribution is -0.0193. The highest BCUT2D eigenvalue weighted by atomic mass is 79.9. The maximum atomic E-state index is 13.8. The minimum Gasteiger partial charge on any atom is -0.464 e. The van der Waals surface area contributed by atoms with Crippen molar-refractivity contribution < 1.29 is 17.9 Å². The number of ether oxygens (including phenoxy) is 1. The second-order valence-electron chi connectivity index (χ2n) is 6.45. The first-order valence-electron chi connectivity index (χ1n) is 8.41. The summed E-state index contributed by atoms with van der Waals surface area (Å²) in [4.78, 5) is 0. The molecule has 136 valence electrons. The quantitative estimate of drug-likeness (QED) is 0.533. The predicted molar refractivity (Wildman–Crippen MR) is 98.3 cm³/mol. The molecular formula is C20H13BrF2N2O2. The van der Waals surface area contributed by atoms with Crippen molar-refractivity contribution in [2.24, 2.45) is 5.10 Å². The molecule has 3 heterocycles. The summed E-state index contributed by atoms with van der Waals surface area (Å²) in [6.45, 7) is 0. The van der Waals surface area contributed by atoms with Gasteiger partial charge >= 0.3 is 0 Å². The van der Waals surface area contributed by atoms with E-state index >= 15 is 0 Å². The van der Waals surface area contributed by atoms with E-state index in [4.69, 9.17) is 14.3 Å². The molecule has 0 saturated heterocycles. The molecule has 5 rings (SSSR count). The van der Waals surface area contributed by atoms with Crippen molar-refractivity contribution in [3.8, 4) is 5.75 Å². The number of halogens is 3. The lowest BCUT2D eigenvalue weighted by Gasteiger charge is -2.38. The monoisotopic (exact) mass is 430 g/mol. The molecule has 0 fully saturated rings. The van der Waals surface area contributed by atoms with Gasteiger partial charge in [-0.25, -0.2) is 13.8 Å². The van der Waals surface area contributed by atoms with Crippen molar-refractivity contribution in [1.29, 1.82) is 0 Å². The van der Waals surface area contributed by atoms with Gasteiger partial charge in [0.2, 0.25) is 6.23 Å². The second kappa shape index (κ2) is 6.20. The summed E-state index contributed by atoms with van der Waals surface area (Å²) < 4.78 is 39.8. The van der Waals surface area contributed by atoms with Crippen LogP contribution in [0.1, 0.15) is 35.6 Å². The number of nitrogens with zero attached hydrogens (tertiary/aromatic N) is 2. The smallest absolute Gasteiger partial charge is 0.213 e. The number of hydrogen-bond donors (Lipinski definition) is 0. The van der Waals surface area contributed by atoms with Gasteiger partial charge in [-0.15, -0.1) is 0 Å². The van der Waals surface area contributed by atoms with Crippen molar-refractivity contribution in [2.75, 3.05) is 0 Å². The lowest BCUT2D eigenvalue weighted by atomic mass is 9.97. The van der Waals surface area contributed by atoms with Gasteiger partial charge < -0.3 is 9.15 Å². The summed E-state index contributed by atoms with van der Waals surface area (Å²) >= 11 is 3.50. The Kier molecular flexibility index (Phi) is 3.79. The minimum absolute atomic E-state index is 0.0931. The molecule has 7 heteroatoms. The Balaban J connectivity index is 1.62. The van der Waals surface area contributed by atoms with E-state index in [-0.39, 0.29) is 6.04 Å². The van der Waals surface area contributed by atoms with E-state index in [1.807, 2.05) is 30.3 Å². The maximum absolute atomic E-state index is 13.8. The van der Waals surface area contributed by atoms with Gasteiger partial charge in [-0.2, -0.15) is 5.10 Å². The topological polar surface area (TPSA) is 38.0 Å². The molecule has 2 aromatic carbocycles. The van der Waals surface area contributed by atoms with Crippen LogP contribution in [0.5, 0.6) is 5.75 Å². The summed E-state index contributed by atoms with van der Waals surface area (Å²) in [7, 11) is 0. The van der Waals surface area contributed by atoms with Gasteiger partial charge in [0.05, 0.1) is 12.3 Å². The van der Waals surface area contributed by atoms with E-state index in [0.29, 0.717) is 23.5 Å². The number of benzene rings is 2. The molecule has 0 aliphatic carbocycles. The van der Waals surface area contributed by atoms with Gasteiger partial charge in [-0.3, -0.25) is 0 Å². The van der Waals surface area contributed by atoms with Crippen LogP contribution in [0, 0.1) is 11.6 Å². The summed E-state index contributed by atoms with van der Waals surface area (Å²) in [6.07, 6.45) is 1.56. The van der Waals surface area contributed by atoms with Gasteiger partial charge in [0.15, 0.2) is 11.6 Å². The SMILES string of the molecule is Fc1ccc([C@H]2Oc3ccc(Br)cc3[C@H]3CC(c4ccco4)=NN32)cc1F. The molecule has 4 nitrogen and oxygen atoms in total. The van der Waals surface area contributed by atoms with E-state index < -0.39 is 17.9 Å². The highest BCUT2D eigenvalue weighted by Gasteiger charge is 2.41. The van der Waals surface area contributed by atoms with Crippen LogP contribution in [0.4, 0.5) is 8.78 Å². The first-order valence-corrected chi connectivity index (χ1v) is 9.20. The van der Waals surface area contributed by atoms with E-state index in [1.54, 1.807) is 11.3 Å². The fourth-order valence-corrected chi connectivity index (χ4v) is 3.91. The molecule has 0 amide bonds. The predicted octanol–water partition coefficient (Wildman–Crippen LogP) is 5.56. The Bertz CT molecular complexity index is 1050. The molecule has 2 aliphatic heterocycles. The van der Waals surface area contributed by atoms with E-state index in [2.05, 4.69) is 15.9 Å². The minimum atomic E-state index is -0.913. The molecule has 3 aromatic rings. The fraction of sp³-hybridized carbons (Fsp3) is 0.150. The molecule has 27 heavy (non-hydrogen) atoms. The highest BCUT2D eigenvalue weighted by molar-refractivity contribution is 9.10. The number of furan rings is 1. The maximum Gasteiger partial charge on any atom is 0.213 e. The van der Waals surface area contributed by atoms with Gasteiger partial charge in [0.25, 0.3) is 0 Å². The average Bonchev–Trinajstić information content (AvgIpc) is 3.33. The zero-order valence-corrected chi connectivity index (χ0v) is 15.5. The van der Waals surface area contributed by atoms with Gasteiger partial charge in [0, 0.05) is 22.0 Å². The van der Waals surface area contributed by atoms with E-state index in [9.17, 15) is 8.78 Å². The Labute approximate surface area is 162 Å². The van der Waals surface area contributed by atoms with Crippen molar-refractivity contribution in [3.63, 3.8) is 0 Å². The molecule has 2 aliphatic rings. The van der Waals surface area contributed by atoms with Crippen molar-refractivity contribution in [3.05, 3.63) is 87.8 Å². The molecule has 0 saturated carbocycles. The summed E-state index contributed by atoms with van der Waals surface area (Å²) in [5, 5.41) is 6.48. The molecular weight excluding hydrogens is 418 g/mol. The Morgan fingerprint density at radius 3 is 2.74 bits per heavy atom. The number of hydrogen-bond acceptors (Lipinski definition) is 4. The van der Waals surface area contributed by atoms with Gasteiger partial charge in [-0.05, 0) is 42.5 Å². The Morgan fingerprint density at radius 2 is 1.96 bits per heavy atom. The first kappa shape index (κ1) is 16.5. The second-order valence-corrected chi connectivity index (χ2v) is 7.37. The zero-order valence-electron chi connectivity index (χ0n) is 13.9. The molecule has 0 unspecified atom stereocenters. The lowest BCUT2D eigenvalue weighted by Crippen LogP contribution is -2.33. The van der Waals surface area contributed by atoms with Crippen LogP contribution in [0.25, 0.3) is 0 Å². The van der Waals surface area contributed by atoms with Crippen molar-refractivity contribution in [1.82, 2.24) is 5.01 Å². The molecule has 1 aromatic heterocycles. The third-order valence-electron chi connectivity index (χ3n) is 4.79.